The largest absolute Gasteiger partial charge is 0.335 e. The highest BCUT2D eigenvalue weighted by molar-refractivity contribution is 7.26. The molecule has 1 aliphatic carbocycles. The van der Waals surface area contributed by atoms with E-state index in [1.165, 1.54) is 124 Å². The molecule has 8 aromatic rings. The van der Waals surface area contributed by atoms with E-state index < -0.39 is 0 Å². The van der Waals surface area contributed by atoms with Crippen molar-refractivity contribution in [2.45, 2.75) is 129 Å². The second-order valence-corrected chi connectivity index (χ2v) is 24.0. The summed E-state index contributed by atoms with van der Waals surface area (Å²) in [4.78, 5) is 5.44. The third kappa shape index (κ3) is 5.26. The summed E-state index contributed by atoms with van der Waals surface area (Å²) in [6.45, 7) is 26.4. The van der Waals surface area contributed by atoms with Crippen molar-refractivity contribution in [2.24, 2.45) is 0 Å². The SMILES string of the molecule is CC(C)(C)c1ccc(N(c2ccc(C(C)(C)C)cc2)c2cc3c4c(c2)-n2c5c(cc(C(C)(C)C)cc5c5sc6ccccc6c52)B4c2cccc4c2N3C2(C)CCCCC42C)cc1. The topological polar surface area (TPSA) is 11.4 Å². The summed E-state index contributed by atoms with van der Waals surface area (Å²) in [6.07, 6.45) is 4.91. The minimum atomic E-state index is -0.0709. The minimum Gasteiger partial charge on any atom is -0.335 e. The van der Waals surface area contributed by atoms with Gasteiger partial charge >= 0.3 is 0 Å². The molecule has 3 nitrogen and oxygen atoms in total. The maximum atomic E-state index is 2.89. The first kappa shape index (κ1) is 39.3. The van der Waals surface area contributed by atoms with Gasteiger partial charge in [0.25, 0.3) is 6.71 Å². The molecule has 63 heavy (non-hydrogen) atoms. The smallest absolute Gasteiger partial charge is 0.252 e. The van der Waals surface area contributed by atoms with Crippen molar-refractivity contribution in [1.29, 1.82) is 0 Å². The van der Waals surface area contributed by atoms with E-state index >= 15 is 0 Å². The predicted octanol–water partition coefficient (Wildman–Crippen LogP) is 14.2. The van der Waals surface area contributed by atoms with Crippen molar-refractivity contribution in [3.8, 4) is 5.69 Å². The highest BCUT2D eigenvalue weighted by Gasteiger charge is 2.61. The van der Waals surface area contributed by atoms with Gasteiger partial charge in [-0.1, -0.05) is 149 Å². The van der Waals surface area contributed by atoms with Gasteiger partial charge in [-0.2, -0.15) is 0 Å². The quantitative estimate of drug-likeness (QED) is 0.164. The molecule has 2 unspecified atom stereocenters. The van der Waals surface area contributed by atoms with Gasteiger partial charge in [0.2, 0.25) is 0 Å². The van der Waals surface area contributed by atoms with Crippen LogP contribution in [0.2, 0.25) is 0 Å². The number of fused-ring (bicyclic) bond motifs is 12. The van der Waals surface area contributed by atoms with Crippen molar-refractivity contribution in [3.63, 3.8) is 0 Å². The van der Waals surface area contributed by atoms with Gasteiger partial charge in [0.05, 0.1) is 27.0 Å². The lowest BCUT2D eigenvalue weighted by Crippen LogP contribution is -2.64. The van der Waals surface area contributed by atoms with Crippen LogP contribution in [0.1, 0.15) is 124 Å². The molecule has 0 N–H and O–H groups in total. The van der Waals surface area contributed by atoms with Crippen LogP contribution in [0.4, 0.5) is 28.4 Å². The third-order valence-corrected chi connectivity index (χ3v) is 17.4. The standard InChI is InChI=1S/C58H60BN3S/c1-54(2,3)35-21-25-38(26-22-35)60(39-27-23-36(24-28-39)55(4,5)6)40-33-46-49-47(34-40)62-52-43(57(10)29-14-15-30-58(57,62)11)18-16-19-44(52)59(49)45-32-37(56(7,8)9)31-42-50(45)61(46)51-41-17-12-13-20-48(41)63-53(42)51/h12-13,16-28,31-34H,14-15,29-30H2,1-11H3. The Bertz CT molecular complexity index is 3160. The monoisotopic (exact) mass is 841 g/mol. The number of hydrogen-bond acceptors (Lipinski definition) is 3. The molecule has 0 radical (unpaired) electrons. The lowest BCUT2D eigenvalue weighted by molar-refractivity contribution is 0.195. The number of anilines is 5. The molecule has 1 fully saturated rings. The molecule has 0 spiro atoms. The summed E-state index contributed by atoms with van der Waals surface area (Å²) in [7, 11) is 0. The summed E-state index contributed by atoms with van der Waals surface area (Å²) in [6, 6.07) is 45.7. The van der Waals surface area contributed by atoms with Crippen molar-refractivity contribution < 1.29 is 0 Å². The van der Waals surface area contributed by atoms with Crippen molar-refractivity contribution in [1.82, 2.24) is 4.57 Å². The highest BCUT2D eigenvalue weighted by Crippen LogP contribution is 2.62. The summed E-state index contributed by atoms with van der Waals surface area (Å²) >= 11 is 1.97. The van der Waals surface area contributed by atoms with Gasteiger partial charge in [0.1, 0.15) is 0 Å². The van der Waals surface area contributed by atoms with Gasteiger partial charge in [-0.3, -0.25) is 0 Å². The van der Waals surface area contributed by atoms with Crippen molar-refractivity contribution in [3.05, 3.63) is 138 Å². The molecule has 0 bridgehead atoms. The Labute approximate surface area is 378 Å². The summed E-state index contributed by atoms with van der Waals surface area (Å²) in [5.41, 5.74) is 20.6. The number of benzene rings is 6. The summed E-state index contributed by atoms with van der Waals surface area (Å²) in [5.74, 6) is 0. The van der Waals surface area contributed by atoms with Gasteiger partial charge in [0, 0.05) is 49.3 Å². The molecule has 5 heterocycles. The molecule has 1 saturated carbocycles. The first-order valence-corrected chi connectivity index (χ1v) is 24.3. The van der Waals surface area contributed by atoms with E-state index in [-0.39, 0.29) is 33.9 Å². The van der Waals surface area contributed by atoms with E-state index in [4.69, 9.17) is 0 Å². The van der Waals surface area contributed by atoms with E-state index in [1.807, 2.05) is 11.3 Å². The highest BCUT2D eigenvalue weighted by atomic mass is 32.1. The van der Waals surface area contributed by atoms with E-state index in [1.54, 1.807) is 5.56 Å². The molecular weight excluding hydrogens is 782 g/mol. The van der Waals surface area contributed by atoms with E-state index in [0.717, 1.165) is 0 Å². The van der Waals surface area contributed by atoms with Crippen LogP contribution < -0.4 is 26.2 Å². The molecule has 2 atom stereocenters. The number of rotatable bonds is 3. The first-order valence-electron chi connectivity index (χ1n) is 23.5. The molecule has 0 amide bonds. The number of thiophene rings is 1. The van der Waals surface area contributed by atoms with E-state index in [0.29, 0.717) is 0 Å². The van der Waals surface area contributed by atoms with Crippen LogP contribution in [0.25, 0.3) is 36.9 Å². The predicted molar refractivity (Wildman–Crippen MR) is 274 cm³/mol. The molecule has 12 rings (SSSR count). The number of hydrogen-bond donors (Lipinski definition) is 0. The van der Waals surface area contributed by atoms with Crippen LogP contribution in [0, 0.1) is 0 Å². The lowest BCUT2D eigenvalue weighted by atomic mass is 9.33. The maximum absolute atomic E-state index is 2.89. The number of nitrogens with zero attached hydrogens (tertiary/aromatic N) is 3. The van der Waals surface area contributed by atoms with Gasteiger partial charge in [0.15, 0.2) is 0 Å². The van der Waals surface area contributed by atoms with Crippen LogP contribution in [-0.4, -0.2) is 16.8 Å². The Balaban J connectivity index is 1.24. The van der Waals surface area contributed by atoms with Crippen molar-refractivity contribution >= 4 is 94.1 Å². The Kier molecular flexibility index (Phi) is 7.94. The molecular formula is C58H60BN3S. The average Bonchev–Trinajstić information content (AvgIpc) is 3.84. The second-order valence-electron chi connectivity index (χ2n) is 23.0. The van der Waals surface area contributed by atoms with Gasteiger partial charge in [-0.25, -0.2) is 0 Å². The van der Waals surface area contributed by atoms with E-state index in [2.05, 4.69) is 206 Å². The average molecular weight is 842 g/mol. The van der Waals surface area contributed by atoms with Crippen LogP contribution >= 0.6 is 11.3 Å². The van der Waals surface area contributed by atoms with Crippen LogP contribution in [0.3, 0.4) is 0 Å². The van der Waals surface area contributed by atoms with Crippen molar-refractivity contribution in [2.75, 3.05) is 9.80 Å². The number of aromatic nitrogens is 1. The molecule has 2 aromatic heterocycles. The zero-order valence-corrected chi connectivity index (χ0v) is 39.9. The maximum Gasteiger partial charge on any atom is 0.252 e. The van der Waals surface area contributed by atoms with Crippen LogP contribution in [0.5, 0.6) is 0 Å². The zero-order valence-electron chi connectivity index (χ0n) is 39.1. The fraction of sp³-hybridized carbons (Fsp3) is 0.345. The molecule has 316 valence electrons. The fourth-order valence-corrected chi connectivity index (χ4v) is 13.7. The van der Waals surface area contributed by atoms with Crippen LogP contribution in [-0.2, 0) is 21.7 Å². The minimum absolute atomic E-state index is 0.0103. The van der Waals surface area contributed by atoms with Crippen LogP contribution in [0.15, 0.2) is 115 Å². The fourth-order valence-electron chi connectivity index (χ4n) is 12.5. The van der Waals surface area contributed by atoms with Gasteiger partial charge in [-0.15, -0.1) is 11.3 Å². The molecule has 4 aliphatic rings. The van der Waals surface area contributed by atoms with Gasteiger partial charge < -0.3 is 14.4 Å². The van der Waals surface area contributed by atoms with Gasteiger partial charge in [-0.05, 0) is 123 Å². The summed E-state index contributed by atoms with van der Waals surface area (Å²) in [5, 5.41) is 2.73. The zero-order chi connectivity index (χ0) is 43.7. The molecule has 6 aromatic carbocycles. The molecule has 5 heteroatoms. The summed E-state index contributed by atoms with van der Waals surface area (Å²) < 4.78 is 5.47. The third-order valence-electron chi connectivity index (χ3n) is 16.2. The Morgan fingerprint density at radius 3 is 1.84 bits per heavy atom. The Morgan fingerprint density at radius 1 is 0.571 bits per heavy atom. The number of para-hydroxylation sites is 1. The molecule has 0 saturated heterocycles. The molecule has 3 aliphatic heterocycles. The Hall–Kier alpha value is -5.26. The van der Waals surface area contributed by atoms with E-state index in [9.17, 15) is 0 Å². The second kappa shape index (κ2) is 12.7. The first-order chi connectivity index (χ1) is 29.9. The lowest BCUT2D eigenvalue weighted by Gasteiger charge is -2.52. The Morgan fingerprint density at radius 2 is 1.19 bits per heavy atom. The normalized spacial score (nSPS) is 20.1.